The molecule has 3 N–H and O–H groups in total. The van der Waals surface area contributed by atoms with Crippen molar-refractivity contribution < 1.29 is 4.79 Å². The van der Waals surface area contributed by atoms with Crippen molar-refractivity contribution in [2.45, 2.75) is 52.2 Å². The van der Waals surface area contributed by atoms with Crippen LogP contribution in [0.2, 0.25) is 0 Å². The van der Waals surface area contributed by atoms with Gasteiger partial charge in [0.2, 0.25) is 5.91 Å². The van der Waals surface area contributed by atoms with Crippen LogP contribution in [-0.2, 0) is 17.9 Å². The molecule has 0 radical (unpaired) electrons. The molecule has 0 aromatic heterocycles. The highest BCUT2D eigenvalue weighted by Crippen LogP contribution is 2.19. The van der Waals surface area contributed by atoms with Crippen LogP contribution in [0.1, 0.15) is 44.2 Å². The summed E-state index contributed by atoms with van der Waals surface area (Å²) in [6.07, 6.45) is 3.36. The van der Waals surface area contributed by atoms with E-state index in [1.807, 2.05) is 6.92 Å². The summed E-state index contributed by atoms with van der Waals surface area (Å²) in [5.74, 6) is 0.517. The molecule has 1 aliphatic rings. The Morgan fingerprint density at radius 1 is 1.41 bits per heavy atom. The molecule has 1 heterocycles. The number of primary amides is 1. The van der Waals surface area contributed by atoms with Gasteiger partial charge < -0.3 is 11.1 Å². The van der Waals surface area contributed by atoms with Crippen LogP contribution in [0.3, 0.4) is 0 Å². The summed E-state index contributed by atoms with van der Waals surface area (Å²) in [5, 5.41) is 3.28. The smallest absolute Gasteiger partial charge is 0.234 e. The van der Waals surface area contributed by atoms with Gasteiger partial charge in [-0.15, -0.1) is 0 Å². The van der Waals surface area contributed by atoms with Gasteiger partial charge in [0, 0.05) is 19.6 Å². The molecule has 1 aliphatic heterocycles. The molecule has 4 nitrogen and oxygen atoms in total. The van der Waals surface area contributed by atoms with Crippen molar-refractivity contribution in [2.75, 3.05) is 13.1 Å². The normalized spacial score (nSPS) is 20.7. The first-order chi connectivity index (χ1) is 10.6. The topological polar surface area (TPSA) is 58.4 Å². The number of carbonyl (C=O) groups is 1. The quantitative estimate of drug-likeness (QED) is 0.812. The molecular formula is C18H29N3O. The molecule has 0 saturated carbocycles. The first-order valence-corrected chi connectivity index (χ1v) is 8.42. The lowest BCUT2D eigenvalue weighted by Crippen LogP contribution is -2.40. The van der Waals surface area contributed by atoms with Gasteiger partial charge in [-0.05, 0) is 42.9 Å². The predicted octanol–water partition coefficient (Wildman–Crippen LogP) is 2.27. The Bertz CT molecular complexity index is 489. The van der Waals surface area contributed by atoms with Gasteiger partial charge in [-0.2, -0.15) is 0 Å². The lowest BCUT2D eigenvalue weighted by atomic mass is 9.99. The average molecular weight is 303 g/mol. The Kier molecular flexibility index (Phi) is 6.40. The van der Waals surface area contributed by atoms with Crippen LogP contribution in [0.4, 0.5) is 0 Å². The van der Waals surface area contributed by atoms with Crippen LogP contribution in [-0.4, -0.2) is 29.9 Å². The first kappa shape index (κ1) is 17.0. The molecule has 1 amide bonds. The van der Waals surface area contributed by atoms with E-state index in [0.29, 0.717) is 6.54 Å². The summed E-state index contributed by atoms with van der Waals surface area (Å²) >= 11 is 0. The van der Waals surface area contributed by atoms with E-state index in [4.69, 9.17) is 5.73 Å². The van der Waals surface area contributed by atoms with Crippen molar-refractivity contribution >= 4 is 5.91 Å². The van der Waals surface area contributed by atoms with Crippen LogP contribution in [0.5, 0.6) is 0 Å². The number of likely N-dealkylation sites (tertiary alicyclic amines) is 1. The number of nitrogens with two attached hydrogens (primary N) is 1. The van der Waals surface area contributed by atoms with Gasteiger partial charge >= 0.3 is 0 Å². The van der Waals surface area contributed by atoms with Gasteiger partial charge in [0.05, 0.1) is 6.04 Å². The van der Waals surface area contributed by atoms with Crippen LogP contribution >= 0.6 is 0 Å². The SMILES string of the molecule is CC[C@H](NCc1ccccc1CN1CCC[C@@H](C)C1)C(N)=O. The molecule has 4 heteroatoms. The highest BCUT2D eigenvalue weighted by Gasteiger charge is 2.18. The van der Waals surface area contributed by atoms with E-state index in [-0.39, 0.29) is 11.9 Å². The third-order valence-corrected chi connectivity index (χ3v) is 4.54. The van der Waals surface area contributed by atoms with Crippen molar-refractivity contribution in [1.29, 1.82) is 0 Å². The highest BCUT2D eigenvalue weighted by atomic mass is 16.1. The molecule has 0 unspecified atom stereocenters. The molecule has 0 aliphatic carbocycles. The number of hydrogen-bond donors (Lipinski definition) is 2. The minimum Gasteiger partial charge on any atom is -0.368 e. The second-order valence-electron chi connectivity index (χ2n) is 6.50. The molecule has 1 fully saturated rings. The maximum absolute atomic E-state index is 11.3. The van der Waals surface area contributed by atoms with Crippen molar-refractivity contribution in [3.63, 3.8) is 0 Å². The number of carbonyl (C=O) groups excluding carboxylic acids is 1. The zero-order valence-electron chi connectivity index (χ0n) is 13.8. The van der Waals surface area contributed by atoms with E-state index in [1.54, 1.807) is 0 Å². The Morgan fingerprint density at radius 3 is 2.77 bits per heavy atom. The van der Waals surface area contributed by atoms with E-state index < -0.39 is 0 Å². The number of nitrogens with zero attached hydrogens (tertiary/aromatic N) is 1. The van der Waals surface area contributed by atoms with E-state index in [0.717, 1.165) is 18.9 Å². The minimum atomic E-state index is -0.273. The van der Waals surface area contributed by atoms with Crippen molar-refractivity contribution in [2.24, 2.45) is 11.7 Å². The lowest BCUT2D eigenvalue weighted by molar-refractivity contribution is -0.120. The molecule has 2 atom stereocenters. The monoisotopic (exact) mass is 303 g/mol. The van der Waals surface area contributed by atoms with Crippen LogP contribution in [0.25, 0.3) is 0 Å². The van der Waals surface area contributed by atoms with E-state index in [9.17, 15) is 4.79 Å². The Balaban J connectivity index is 1.98. The summed E-state index contributed by atoms with van der Waals surface area (Å²) in [4.78, 5) is 13.9. The maximum atomic E-state index is 11.3. The number of amides is 1. The molecule has 22 heavy (non-hydrogen) atoms. The van der Waals surface area contributed by atoms with Crippen LogP contribution in [0.15, 0.2) is 24.3 Å². The van der Waals surface area contributed by atoms with Crippen LogP contribution in [0, 0.1) is 5.92 Å². The molecule has 1 saturated heterocycles. The van der Waals surface area contributed by atoms with Crippen molar-refractivity contribution in [3.05, 3.63) is 35.4 Å². The number of hydrogen-bond acceptors (Lipinski definition) is 3. The number of piperidine rings is 1. The summed E-state index contributed by atoms with van der Waals surface area (Å²) in [5.41, 5.74) is 8.02. The molecule has 122 valence electrons. The van der Waals surface area contributed by atoms with Crippen molar-refractivity contribution in [3.8, 4) is 0 Å². The third kappa shape index (κ3) is 4.82. The molecule has 1 aromatic rings. The summed E-state index contributed by atoms with van der Waals surface area (Å²) in [6.45, 7) is 8.37. The highest BCUT2D eigenvalue weighted by molar-refractivity contribution is 5.79. The second kappa shape index (κ2) is 8.30. The maximum Gasteiger partial charge on any atom is 0.234 e. The Hall–Kier alpha value is -1.39. The minimum absolute atomic E-state index is 0.247. The predicted molar refractivity (Wildman–Crippen MR) is 90.2 cm³/mol. The fourth-order valence-corrected chi connectivity index (χ4v) is 3.23. The number of rotatable bonds is 7. The zero-order valence-corrected chi connectivity index (χ0v) is 13.8. The number of nitrogens with one attached hydrogen (secondary N) is 1. The van der Waals surface area contributed by atoms with Gasteiger partial charge in [0.1, 0.15) is 0 Å². The first-order valence-electron chi connectivity index (χ1n) is 8.42. The van der Waals surface area contributed by atoms with Crippen LogP contribution < -0.4 is 11.1 Å². The van der Waals surface area contributed by atoms with Gasteiger partial charge in [-0.25, -0.2) is 0 Å². The molecule has 0 spiro atoms. The molecule has 2 rings (SSSR count). The standard InChI is InChI=1S/C18H29N3O/c1-3-17(18(19)22)20-11-15-8-4-5-9-16(15)13-21-10-6-7-14(2)12-21/h4-5,8-9,14,17,20H,3,6-7,10-13H2,1-2H3,(H2,19,22)/t14-,17+/m1/s1. The van der Waals surface area contributed by atoms with Gasteiger partial charge in [0.15, 0.2) is 0 Å². The third-order valence-electron chi connectivity index (χ3n) is 4.54. The summed E-state index contributed by atoms with van der Waals surface area (Å²) in [6, 6.07) is 8.25. The second-order valence-corrected chi connectivity index (χ2v) is 6.50. The molecular weight excluding hydrogens is 274 g/mol. The largest absolute Gasteiger partial charge is 0.368 e. The lowest BCUT2D eigenvalue weighted by Gasteiger charge is -2.31. The van der Waals surface area contributed by atoms with Gasteiger partial charge in [-0.1, -0.05) is 38.1 Å². The zero-order chi connectivity index (χ0) is 15.9. The van der Waals surface area contributed by atoms with Gasteiger partial charge in [-0.3, -0.25) is 9.69 Å². The fourth-order valence-electron chi connectivity index (χ4n) is 3.23. The fraction of sp³-hybridized carbons (Fsp3) is 0.611. The molecule has 0 bridgehead atoms. The number of benzene rings is 1. The van der Waals surface area contributed by atoms with E-state index in [2.05, 4.69) is 41.4 Å². The van der Waals surface area contributed by atoms with Crippen molar-refractivity contribution in [1.82, 2.24) is 10.2 Å². The van der Waals surface area contributed by atoms with E-state index in [1.165, 1.54) is 37.1 Å². The Labute approximate surface area is 134 Å². The van der Waals surface area contributed by atoms with E-state index >= 15 is 0 Å². The average Bonchev–Trinajstić information content (AvgIpc) is 2.49. The summed E-state index contributed by atoms with van der Waals surface area (Å²) in [7, 11) is 0. The molecule has 1 aromatic carbocycles. The van der Waals surface area contributed by atoms with Gasteiger partial charge in [0.25, 0.3) is 0 Å². The Morgan fingerprint density at radius 2 is 2.14 bits per heavy atom. The summed E-state index contributed by atoms with van der Waals surface area (Å²) < 4.78 is 0.